The second kappa shape index (κ2) is 5.82. The third kappa shape index (κ3) is 3.53. The summed E-state index contributed by atoms with van der Waals surface area (Å²) in [5.41, 5.74) is 0.551. The molecule has 0 unspecified atom stereocenters. The van der Waals surface area contributed by atoms with Crippen molar-refractivity contribution in [2.24, 2.45) is 0 Å². The maximum absolute atomic E-state index is 13.0. The fourth-order valence-corrected chi connectivity index (χ4v) is 1.77. The molecule has 102 valence electrons. The smallest absolute Gasteiger partial charge is 0.148 e. The van der Waals surface area contributed by atoms with Gasteiger partial charge in [-0.2, -0.15) is 5.10 Å². The highest BCUT2D eigenvalue weighted by Crippen LogP contribution is 2.13. The molecule has 0 spiro atoms. The van der Waals surface area contributed by atoms with Gasteiger partial charge in [0.25, 0.3) is 0 Å². The topological polar surface area (TPSA) is 29.9 Å². The number of aromatic nitrogens is 2. The molecule has 0 fully saturated rings. The summed E-state index contributed by atoms with van der Waals surface area (Å²) >= 11 is 0. The first-order valence-corrected chi connectivity index (χ1v) is 6.32. The van der Waals surface area contributed by atoms with E-state index >= 15 is 0 Å². The van der Waals surface area contributed by atoms with Crippen LogP contribution in [0.2, 0.25) is 0 Å². The molecule has 0 aliphatic heterocycles. The van der Waals surface area contributed by atoms with E-state index in [4.69, 9.17) is 0 Å². The molecule has 0 amide bonds. The van der Waals surface area contributed by atoms with E-state index in [1.54, 1.807) is 0 Å². The van der Waals surface area contributed by atoms with Crippen molar-refractivity contribution in [3.05, 3.63) is 47.7 Å². The molecule has 0 radical (unpaired) electrons. The van der Waals surface area contributed by atoms with E-state index in [2.05, 4.69) is 24.3 Å². The largest absolute Gasteiger partial charge is 0.365 e. The number of halogens is 2. The van der Waals surface area contributed by atoms with Crippen LogP contribution in [0.15, 0.2) is 30.5 Å². The van der Waals surface area contributed by atoms with Crippen molar-refractivity contribution in [2.45, 2.75) is 32.9 Å². The first-order chi connectivity index (χ1) is 9.08. The molecule has 0 aliphatic rings. The zero-order valence-electron chi connectivity index (χ0n) is 11.0. The van der Waals surface area contributed by atoms with Crippen molar-refractivity contribution in [3.63, 3.8) is 0 Å². The number of benzene rings is 1. The Labute approximate surface area is 111 Å². The maximum Gasteiger partial charge on any atom is 0.148 e. The van der Waals surface area contributed by atoms with Crippen molar-refractivity contribution >= 4 is 5.82 Å². The van der Waals surface area contributed by atoms with Gasteiger partial charge in [0.05, 0.1) is 0 Å². The fraction of sp³-hybridized carbons (Fsp3) is 0.357. The number of rotatable bonds is 5. The molecule has 2 rings (SSSR count). The van der Waals surface area contributed by atoms with Crippen molar-refractivity contribution in [2.75, 3.05) is 5.32 Å². The lowest BCUT2D eigenvalue weighted by Gasteiger charge is -2.08. The van der Waals surface area contributed by atoms with Gasteiger partial charge < -0.3 is 5.32 Å². The molecule has 1 atom stereocenters. The molecule has 0 saturated heterocycles. The molecule has 0 saturated carbocycles. The summed E-state index contributed by atoms with van der Waals surface area (Å²) in [6.45, 7) is 4.51. The minimum atomic E-state index is -0.568. The number of anilines is 1. The lowest BCUT2D eigenvalue weighted by Crippen LogP contribution is -2.06. The molecular weight excluding hydrogens is 248 g/mol. The normalized spacial score (nSPS) is 12.4. The maximum atomic E-state index is 13.0. The Morgan fingerprint density at radius 2 is 1.95 bits per heavy atom. The molecule has 1 aromatic heterocycles. The van der Waals surface area contributed by atoms with Crippen molar-refractivity contribution in [3.8, 4) is 0 Å². The van der Waals surface area contributed by atoms with Gasteiger partial charge in [-0.05, 0) is 31.0 Å². The molecule has 19 heavy (non-hydrogen) atoms. The number of nitrogens with zero attached hydrogens (tertiary/aromatic N) is 2. The number of hydrogen-bond donors (Lipinski definition) is 1. The molecule has 1 heterocycles. The van der Waals surface area contributed by atoms with Crippen LogP contribution in [0.4, 0.5) is 14.6 Å². The molecule has 0 bridgehead atoms. The van der Waals surface area contributed by atoms with E-state index in [0.717, 1.165) is 12.5 Å². The highest BCUT2D eigenvalue weighted by Gasteiger charge is 2.05. The minimum Gasteiger partial charge on any atom is -0.365 e. The highest BCUT2D eigenvalue weighted by molar-refractivity contribution is 5.34. The van der Waals surface area contributed by atoms with Crippen molar-refractivity contribution < 1.29 is 8.78 Å². The molecule has 1 aromatic carbocycles. The van der Waals surface area contributed by atoms with Crippen LogP contribution in [-0.4, -0.2) is 9.78 Å². The predicted molar refractivity (Wildman–Crippen MR) is 70.9 cm³/mol. The summed E-state index contributed by atoms with van der Waals surface area (Å²) < 4.78 is 27.9. The van der Waals surface area contributed by atoms with Gasteiger partial charge in [-0.1, -0.05) is 6.92 Å². The highest BCUT2D eigenvalue weighted by atomic mass is 19.1. The van der Waals surface area contributed by atoms with Crippen LogP contribution in [0.5, 0.6) is 0 Å². The van der Waals surface area contributed by atoms with E-state index < -0.39 is 11.6 Å². The molecule has 3 nitrogen and oxygen atoms in total. The van der Waals surface area contributed by atoms with Gasteiger partial charge >= 0.3 is 0 Å². The summed E-state index contributed by atoms with van der Waals surface area (Å²) in [7, 11) is 0. The number of nitrogens with one attached hydrogen (secondary N) is 1. The quantitative estimate of drug-likeness (QED) is 0.892. The van der Waals surface area contributed by atoms with Crippen LogP contribution in [0.25, 0.3) is 0 Å². The molecular formula is C14H17F2N3. The summed E-state index contributed by atoms with van der Waals surface area (Å²) in [6.07, 6.45) is 2.89. The van der Waals surface area contributed by atoms with Gasteiger partial charge in [0, 0.05) is 30.9 Å². The molecule has 5 heteroatoms. The lowest BCUT2D eigenvalue weighted by atomic mass is 10.2. The first-order valence-electron chi connectivity index (χ1n) is 6.32. The second-order valence-electron chi connectivity index (χ2n) is 4.57. The zero-order chi connectivity index (χ0) is 13.8. The Balaban J connectivity index is 2.00. The summed E-state index contributed by atoms with van der Waals surface area (Å²) in [5.74, 6) is -0.436. The van der Waals surface area contributed by atoms with Gasteiger partial charge in [0.15, 0.2) is 0 Å². The van der Waals surface area contributed by atoms with Crippen LogP contribution in [0, 0.1) is 11.6 Å². The third-order valence-corrected chi connectivity index (χ3v) is 3.05. The van der Waals surface area contributed by atoms with E-state index in [-0.39, 0.29) is 0 Å². The van der Waals surface area contributed by atoms with Crippen molar-refractivity contribution in [1.29, 1.82) is 0 Å². The molecule has 0 aliphatic carbocycles. The Bertz CT molecular complexity index is 531. The molecule has 1 N–H and O–H groups in total. The number of hydrogen-bond acceptors (Lipinski definition) is 2. The van der Waals surface area contributed by atoms with Crippen LogP contribution in [0.3, 0.4) is 0 Å². The van der Waals surface area contributed by atoms with Gasteiger partial charge in [-0.25, -0.2) is 8.78 Å². The van der Waals surface area contributed by atoms with Gasteiger partial charge in [-0.3, -0.25) is 4.68 Å². The van der Waals surface area contributed by atoms with Gasteiger partial charge in [0.1, 0.15) is 17.5 Å². The van der Waals surface area contributed by atoms with Crippen LogP contribution < -0.4 is 5.32 Å². The van der Waals surface area contributed by atoms with Crippen LogP contribution in [-0.2, 0) is 6.54 Å². The van der Waals surface area contributed by atoms with E-state index in [1.165, 1.54) is 12.1 Å². The summed E-state index contributed by atoms with van der Waals surface area (Å²) in [6, 6.07) is 5.66. The Kier molecular flexibility index (Phi) is 4.14. The van der Waals surface area contributed by atoms with Crippen molar-refractivity contribution in [1.82, 2.24) is 9.78 Å². The monoisotopic (exact) mass is 265 g/mol. The lowest BCUT2D eigenvalue weighted by molar-refractivity contribution is 0.479. The summed E-state index contributed by atoms with van der Waals surface area (Å²) in [4.78, 5) is 0. The average molecular weight is 265 g/mol. The third-order valence-electron chi connectivity index (χ3n) is 3.05. The first kappa shape index (κ1) is 13.5. The Hall–Kier alpha value is -1.91. The Morgan fingerprint density at radius 3 is 2.58 bits per heavy atom. The fourth-order valence-electron chi connectivity index (χ4n) is 1.77. The Morgan fingerprint density at radius 1 is 1.26 bits per heavy atom. The summed E-state index contributed by atoms with van der Waals surface area (Å²) in [5, 5.41) is 7.41. The minimum absolute atomic E-state index is 0.335. The second-order valence-corrected chi connectivity index (χ2v) is 4.57. The van der Waals surface area contributed by atoms with Gasteiger partial charge in [-0.15, -0.1) is 0 Å². The van der Waals surface area contributed by atoms with Crippen LogP contribution >= 0.6 is 0 Å². The molecule has 2 aromatic rings. The predicted octanol–water partition coefficient (Wildman–Crippen LogP) is 3.74. The van der Waals surface area contributed by atoms with E-state index in [1.807, 2.05) is 16.9 Å². The van der Waals surface area contributed by atoms with Gasteiger partial charge in [0.2, 0.25) is 0 Å². The SMILES string of the molecule is CC[C@@H](C)n1ccc(NCc2cc(F)cc(F)c2)n1. The van der Waals surface area contributed by atoms with E-state index in [0.29, 0.717) is 24.0 Å². The zero-order valence-corrected chi connectivity index (χ0v) is 11.0. The van der Waals surface area contributed by atoms with E-state index in [9.17, 15) is 8.78 Å². The average Bonchev–Trinajstić information content (AvgIpc) is 2.83. The standard InChI is InChI=1S/C14H17F2N3/c1-3-10(2)19-5-4-14(18-19)17-9-11-6-12(15)8-13(16)7-11/h4-8,10H,3,9H2,1-2H3,(H,17,18)/t10-/m1/s1. The van der Waals surface area contributed by atoms with Crippen LogP contribution in [0.1, 0.15) is 31.9 Å².